The van der Waals surface area contributed by atoms with Gasteiger partial charge in [-0.15, -0.1) is 0 Å². The molecule has 0 bridgehead atoms. The maximum absolute atomic E-state index is 11.6. The minimum absolute atomic E-state index is 0.119. The highest BCUT2D eigenvalue weighted by atomic mass is 16.1. The fourth-order valence-corrected chi connectivity index (χ4v) is 2.42. The Bertz CT molecular complexity index is 254. The minimum Gasteiger partial charge on any atom is -0.355 e. The molecule has 1 rings (SSSR count). The van der Waals surface area contributed by atoms with E-state index in [1.54, 1.807) is 0 Å². The van der Waals surface area contributed by atoms with Crippen molar-refractivity contribution in [3.63, 3.8) is 0 Å². The number of rotatable bonds is 7. The maximum atomic E-state index is 11.6. The summed E-state index contributed by atoms with van der Waals surface area (Å²) < 4.78 is 0. The average Bonchev–Trinajstić information content (AvgIpc) is 2.78. The number of nitrogens with two attached hydrogens (primary N) is 1. The van der Waals surface area contributed by atoms with E-state index in [9.17, 15) is 4.79 Å². The van der Waals surface area contributed by atoms with Crippen LogP contribution in [0.5, 0.6) is 0 Å². The summed E-state index contributed by atoms with van der Waals surface area (Å²) in [5.74, 6) is 0.119. The smallest absolute Gasteiger partial charge is 0.220 e. The van der Waals surface area contributed by atoms with Crippen LogP contribution in [0.3, 0.4) is 0 Å². The normalized spacial score (nSPS) is 17.4. The van der Waals surface area contributed by atoms with Crippen molar-refractivity contribution in [2.75, 3.05) is 20.1 Å². The zero-order valence-corrected chi connectivity index (χ0v) is 12.2. The lowest BCUT2D eigenvalue weighted by molar-refractivity contribution is -0.121. The van der Waals surface area contributed by atoms with E-state index < -0.39 is 0 Å². The van der Waals surface area contributed by atoms with Gasteiger partial charge in [-0.1, -0.05) is 12.8 Å². The van der Waals surface area contributed by atoms with Gasteiger partial charge in [0.05, 0.1) is 0 Å². The van der Waals surface area contributed by atoms with Gasteiger partial charge in [-0.25, -0.2) is 0 Å². The van der Waals surface area contributed by atoms with Crippen molar-refractivity contribution in [2.45, 2.75) is 64.0 Å². The van der Waals surface area contributed by atoms with Crippen LogP contribution in [-0.2, 0) is 4.79 Å². The third kappa shape index (κ3) is 6.36. The topological polar surface area (TPSA) is 58.4 Å². The van der Waals surface area contributed by atoms with Crippen LogP contribution >= 0.6 is 0 Å². The first-order chi connectivity index (χ1) is 8.38. The first-order valence-corrected chi connectivity index (χ1v) is 7.14. The minimum atomic E-state index is -0.252. The Kier molecular flexibility index (Phi) is 6.09. The van der Waals surface area contributed by atoms with Gasteiger partial charge in [-0.3, -0.25) is 4.79 Å². The predicted octanol–water partition coefficient (Wildman–Crippen LogP) is 1.49. The predicted molar refractivity (Wildman–Crippen MR) is 75.4 cm³/mol. The molecule has 4 heteroatoms. The highest BCUT2D eigenvalue weighted by Crippen LogP contribution is 2.21. The van der Waals surface area contributed by atoms with E-state index in [-0.39, 0.29) is 11.4 Å². The average molecular weight is 255 g/mol. The van der Waals surface area contributed by atoms with E-state index in [1.807, 2.05) is 13.8 Å². The molecular weight excluding hydrogens is 226 g/mol. The monoisotopic (exact) mass is 255 g/mol. The molecule has 0 heterocycles. The number of carbonyl (C=O) groups excluding carboxylic acids is 1. The highest BCUT2D eigenvalue weighted by Gasteiger charge is 2.19. The molecule has 0 atom stereocenters. The van der Waals surface area contributed by atoms with Crippen LogP contribution in [0, 0.1) is 0 Å². The number of nitrogens with zero attached hydrogens (tertiary/aromatic N) is 1. The van der Waals surface area contributed by atoms with Crippen LogP contribution in [0.1, 0.15) is 52.4 Å². The van der Waals surface area contributed by atoms with Crippen LogP contribution in [0.4, 0.5) is 0 Å². The van der Waals surface area contributed by atoms with Gasteiger partial charge in [0.1, 0.15) is 0 Å². The Morgan fingerprint density at radius 1 is 1.39 bits per heavy atom. The Morgan fingerprint density at radius 3 is 2.56 bits per heavy atom. The van der Waals surface area contributed by atoms with E-state index in [1.165, 1.54) is 25.7 Å². The molecule has 0 radical (unpaired) electrons. The fraction of sp³-hybridized carbons (Fsp3) is 0.929. The number of likely N-dealkylation sites (N-methyl/N-ethyl adjacent to an activating group) is 1. The molecule has 106 valence electrons. The molecule has 3 N–H and O–H groups in total. The largest absolute Gasteiger partial charge is 0.355 e. The van der Waals surface area contributed by atoms with Crippen molar-refractivity contribution in [1.29, 1.82) is 0 Å². The van der Waals surface area contributed by atoms with E-state index in [0.29, 0.717) is 6.42 Å². The Labute approximate surface area is 111 Å². The second kappa shape index (κ2) is 7.10. The van der Waals surface area contributed by atoms with Gasteiger partial charge in [0, 0.05) is 31.1 Å². The molecular formula is C14H29N3O. The number of carbonyl (C=O) groups is 1. The number of nitrogens with one attached hydrogen (secondary N) is 1. The lowest BCUT2D eigenvalue weighted by Gasteiger charge is -2.24. The molecule has 0 unspecified atom stereocenters. The van der Waals surface area contributed by atoms with E-state index in [4.69, 9.17) is 5.73 Å². The van der Waals surface area contributed by atoms with Crippen molar-refractivity contribution in [2.24, 2.45) is 5.73 Å². The summed E-state index contributed by atoms with van der Waals surface area (Å²) in [4.78, 5) is 14.0. The number of amides is 1. The van der Waals surface area contributed by atoms with Crippen molar-refractivity contribution >= 4 is 5.91 Å². The van der Waals surface area contributed by atoms with Gasteiger partial charge < -0.3 is 16.0 Å². The first kappa shape index (κ1) is 15.4. The third-order valence-corrected chi connectivity index (χ3v) is 3.73. The molecule has 4 nitrogen and oxygen atoms in total. The molecule has 0 saturated heterocycles. The molecule has 0 aliphatic heterocycles. The van der Waals surface area contributed by atoms with Crippen molar-refractivity contribution in [1.82, 2.24) is 10.2 Å². The summed E-state index contributed by atoms with van der Waals surface area (Å²) in [6.07, 6.45) is 6.59. The summed E-state index contributed by atoms with van der Waals surface area (Å²) in [7, 11) is 2.16. The lowest BCUT2D eigenvalue weighted by atomic mass is 10.00. The molecule has 18 heavy (non-hydrogen) atoms. The summed E-state index contributed by atoms with van der Waals surface area (Å²) in [5, 5.41) is 2.97. The third-order valence-electron chi connectivity index (χ3n) is 3.73. The highest BCUT2D eigenvalue weighted by molar-refractivity contribution is 5.75. The van der Waals surface area contributed by atoms with Crippen LogP contribution in [0.15, 0.2) is 0 Å². The van der Waals surface area contributed by atoms with Crippen LogP contribution in [0.2, 0.25) is 0 Å². The molecule has 0 aromatic heterocycles. The van der Waals surface area contributed by atoms with Crippen molar-refractivity contribution in [3.05, 3.63) is 0 Å². The van der Waals surface area contributed by atoms with E-state index in [2.05, 4.69) is 17.3 Å². The summed E-state index contributed by atoms with van der Waals surface area (Å²) in [6.45, 7) is 5.60. The van der Waals surface area contributed by atoms with Crippen molar-refractivity contribution in [3.8, 4) is 0 Å². The van der Waals surface area contributed by atoms with Gasteiger partial charge in [0.15, 0.2) is 0 Å². The van der Waals surface area contributed by atoms with Gasteiger partial charge in [-0.2, -0.15) is 0 Å². The molecule has 1 amide bonds. The fourth-order valence-electron chi connectivity index (χ4n) is 2.42. The van der Waals surface area contributed by atoms with Gasteiger partial charge in [0.2, 0.25) is 5.91 Å². The Morgan fingerprint density at radius 2 is 2.00 bits per heavy atom. The number of hydrogen-bond donors (Lipinski definition) is 2. The van der Waals surface area contributed by atoms with Gasteiger partial charge in [-0.05, 0) is 40.2 Å². The first-order valence-electron chi connectivity index (χ1n) is 7.14. The van der Waals surface area contributed by atoms with Crippen LogP contribution in [-0.4, -0.2) is 42.5 Å². The lowest BCUT2D eigenvalue weighted by Crippen LogP contribution is -2.38. The standard InChI is InChI=1S/C14H29N3O/c1-14(2,15)9-8-13(18)16-10-11-17(3)12-6-4-5-7-12/h12H,4-11,15H2,1-3H3,(H,16,18). The molecule has 1 fully saturated rings. The summed E-state index contributed by atoms with van der Waals surface area (Å²) in [5.41, 5.74) is 5.60. The van der Waals surface area contributed by atoms with Gasteiger partial charge in [0.25, 0.3) is 0 Å². The second-order valence-corrected chi connectivity index (χ2v) is 6.26. The van der Waals surface area contributed by atoms with Crippen molar-refractivity contribution < 1.29 is 4.79 Å². The second-order valence-electron chi connectivity index (χ2n) is 6.26. The maximum Gasteiger partial charge on any atom is 0.220 e. The molecule has 0 spiro atoms. The number of hydrogen-bond acceptors (Lipinski definition) is 3. The zero-order valence-electron chi connectivity index (χ0n) is 12.2. The zero-order chi connectivity index (χ0) is 13.6. The molecule has 1 aliphatic rings. The van der Waals surface area contributed by atoms with E-state index >= 15 is 0 Å². The Hall–Kier alpha value is -0.610. The molecule has 0 aromatic rings. The SMILES string of the molecule is CN(CCNC(=O)CCC(C)(C)N)C1CCCC1. The quantitative estimate of drug-likeness (QED) is 0.725. The van der Waals surface area contributed by atoms with Crippen LogP contribution in [0.25, 0.3) is 0 Å². The van der Waals surface area contributed by atoms with E-state index in [0.717, 1.165) is 25.6 Å². The molecule has 1 saturated carbocycles. The summed E-state index contributed by atoms with van der Waals surface area (Å²) in [6, 6.07) is 0.727. The Balaban J connectivity index is 2.07. The molecule has 0 aromatic carbocycles. The molecule has 1 aliphatic carbocycles. The van der Waals surface area contributed by atoms with Gasteiger partial charge >= 0.3 is 0 Å². The van der Waals surface area contributed by atoms with Crippen LogP contribution < -0.4 is 11.1 Å². The summed E-state index contributed by atoms with van der Waals surface area (Å²) >= 11 is 0.